The molecular weight excluding hydrogens is 392 g/mol. The Morgan fingerprint density at radius 2 is 1.83 bits per heavy atom. The molecule has 0 unspecified atom stereocenters. The second kappa shape index (κ2) is 11.6. The maximum Gasteiger partial charge on any atom is 0.516 e. The zero-order valence-electron chi connectivity index (χ0n) is 17.3. The van der Waals surface area contributed by atoms with E-state index in [1.165, 1.54) is 6.92 Å². The summed E-state index contributed by atoms with van der Waals surface area (Å²) in [5.74, 6) is -1.55. The number of hydrogen-bond donors (Lipinski definition) is 0. The number of aromatic nitrogens is 2. The van der Waals surface area contributed by atoms with Crippen LogP contribution in [0.5, 0.6) is 5.75 Å². The lowest BCUT2D eigenvalue weighted by molar-refractivity contribution is -0.162. The molecule has 2 atom stereocenters. The molecule has 2 rings (SSSR count). The second-order valence-electron chi connectivity index (χ2n) is 6.67. The van der Waals surface area contributed by atoms with Crippen LogP contribution in [-0.2, 0) is 37.3 Å². The lowest BCUT2D eigenvalue weighted by Gasteiger charge is -2.24. The summed E-state index contributed by atoms with van der Waals surface area (Å²) in [4.78, 5) is 39.6. The Morgan fingerprint density at radius 1 is 1.10 bits per heavy atom. The van der Waals surface area contributed by atoms with Crippen LogP contribution in [0.25, 0.3) is 0 Å². The fourth-order valence-electron chi connectivity index (χ4n) is 2.94. The standard InChI is InChI=1S/C21H26N2O7/c1-4-19(16(12-27-15(2)24)10-17-11-22-13-23(17)3)20(25)28-14-29-21(26)30-18-8-6-5-7-9-18/h5-9,11,13,16,19H,4,10,12,14H2,1-3H3/t16-,19-/m0/s1. The van der Waals surface area contributed by atoms with Crippen molar-refractivity contribution in [3.63, 3.8) is 0 Å². The summed E-state index contributed by atoms with van der Waals surface area (Å²) >= 11 is 0. The summed E-state index contributed by atoms with van der Waals surface area (Å²) in [5, 5.41) is 0. The number of carbonyl (C=O) groups is 3. The Morgan fingerprint density at radius 3 is 2.43 bits per heavy atom. The van der Waals surface area contributed by atoms with E-state index in [1.807, 2.05) is 18.5 Å². The van der Waals surface area contributed by atoms with Gasteiger partial charge in [0.25, 0.3) is 0 Å². The number of aryl methyl sites for hydroxylation is 1. The fraction of sp³-hybridized carbons (Fsp3) is 0.429. The molecule has 0 radical (unpaired) electrons. The SMILES string of the molecule is CC[C@H](C(=O)OCOC(=O)Oc1ccccc1)[C@H](COC(C)=O)Cc1cncn1C. The molecule has 1 heterocycles. The summed E-state index contributed by atoms with van der Waals surface area (Å²) in [6.45, 7) is 2.63. The molecule has 0 N–H and O–H groups in total. The number of rotatable bonds is 10. The highest BCUT2D eigenvalue weighted by Gasteiger charge is 2.30. The molecule has 2 aromatic rings. The lowest BCUT2D eigenvalue weighted by atomic mass is 9.87. The summed E-state index contributed by atoms with van der Waals surface area (Å²) in [6, 6.07) is 8.39. The molecule has 0 amide bonds. The normalized spacial score (nSPS) is 12.5. The molecule has 162 valence electrons. The molecule has 0 aliphatic carbocycles. The minimum Gasteiger partial charge on any atom is -0.466 e. The van der Waals surface area contributed by atoms with Crippen molar-refractivity contribution < 1.29 is 33.3 Å². The van der Waals surface area contributed by atoms with Gasteiger partial charge in [0.1, 0.15) is 5.75 Å². The van der Waals surface area contributed by atoms with Gasteiger partial charge in [-0.3, -0.25) is 9.59 Å². The lowest BCUT2D eigenvalue weighted by Crippen LogP contribution is -2.32. The predicted octanol–water partition coefficient (Wildman–Crippen LogP) is 2.88. The average Bonchev–Trinajstić information content (AvgIpc) is 3.11. The van der Waals surface area contributed by atoms with Crippen LogP contribution < -0.4 is 4.74 Å². The third-order valence-electron chi connectivity index (χ3n) is 4.52. The molecule has 1 aromatic heterocycles. The number of carbonyl (C=O) groups excluding carboxylic acids is 3. The molecular formula is C21H26N2O7. The van der Waals surface area contributed by atoms with E-state index in [1.54, 1.807) is 42.9 Å². The van der Waals surface area contributed by atoms with Crippen LogP contribution in [-0.4, -0.2) is 41.0 Å². The maximum atomic E-state index is 12.6. The Labute approximate surface area is 174 Å². The minimum atomic E-state index is -0.978. The summed E-state index contributed by atoms with van der Waals surface area (Å²) < 4.78 is 21.9. The van der Waals surface area contributed by atoms with Gasteiger partial charge in [-0.25, -0.2) is 9.78 Å². The van der Waals surface area contributed by atoms with E-state index in [9.17, 15) is 14.4 Å². The topological polar surface area (TPSA) is 106 Å². The first-order valence-electron chi connectivity index (χ1n) is 9.55. The first kappa shape index (κ1) is 22.9. The number of benzene rings is 1. The Kier molecular flexibility index (Phi) is 8.86. The summed E-state index contributed by atoms with van der Waals surface area (Å²) in [6.07, 6.45) is 3.30. The first-order chi connectivity index (χ1) is 14.4. The Balaban J connectivity index is 1.92. The van der Waals surface area contributed by atoms with Gasteiger partial charge in [0, 0.05) is 31.8 Å². The highest BCUT2D eigenvalue weighted by atomic mass is 16.8. The second-order valence-corrected chi connectivity index (χ2v) is 6.67. The van der Waals surface area contributed by atoms with Gasteiger partial charge in [0.2, 0.25) is 6.79 Å². The van der Waals surface area contributed by atoms with Crippen molar-refractivity contribution in [2.24, 2.45) is 18.9 Å². The van der Waals surface area contributed by atoms with E-state index < -0.39 is 30.8 Å². The molecule has 9 heteroatoms. The number of imidazole rings is 1. The molecule has 0 fully saturated rings. The van der Waals surface area contributed by atoms with E-state index in [4.69, 9.17) is 18.9 Å². The zero-order valence-corrected chi connectivity index (χ0v) is 17.3. The largest absolute Gasteiger partial charge is 0.516 e. The fourth-order valence-corrected chi connectivity index (χ4v) is 2.94. The Bertz CT molecular complexity index is 835. The van der Waals surface area contributed by atoms with Crippen molar-refractivity contribution in [1.29, 1.82) is 0 Å². The van der Waals surface area contributed by atoms with Crippen molar-refractivity contribution in [2.45, 2.75) is 26.7 Å². The minimum absolute atomic E-state index is 0.0605. The number of esters is 2. The van der Waals surface area contributed by atoms with Gasteiger partial charge in [0.15, 0.2) is 0 Å². The van der Waals surface area contributed by atoms with Crippen molar-refractivity contribution in [2.75, 3.05) is 13.4 Å². The van der Waals surface area contributed by atoms with E-state index in [0.29, 0.717) is 18.6 Å². The quantitative estimate of drug-likeness (QED) is 0.329. The molecule has 0 aliphatic heterocycles. The third kappa shape index (κ3) is 7.23. The number of ether oxygens (including phenoxy) is 4. The van der Waals surface area contributed by atoms with Crippen LogP contribution in [0.4, 0.5) is 4.79 Å². The van der Waals surface area contributed by atoms with E-state index in [2.05, 4.69) is 4.98 Å². The molecule has 1 aromatic carbocycles. The van der Waals surface area contributed by atoms with Gasteiger partial charge in [-0.15, -0.1) is 0 Å². The highest BCUT2D eigenvalue weighted by Crippen LogP contribution is 2.23. The monoisotopic (exact) mass is 418 g/mol. The summed E-state index contributed by atoms with van der Waals surface area (Å²) in [5.41, 5.74) is 0.890. The highest BCUT2D eigenvalue weighted by molar-refractivity contribution is 5.73. The molecule has 9 nitrogen and oxygen atoms in total. The van der Waals surface area contributed by atoms with Gasteiger partial charge in [-0.1, -0.05) is 25.1 Å². The van der Waals surface area contributed by atoms with Gasteiger partial charge in [-0.05, 0) is 25.0 Å². The molecule has 0 saturated carbocycles. The van der Waals surface area contributed by atoms with Crippen LogP contribution in [0.1, 0.15) is 26.0 Å². The van der Waals surface area contributed by atoms with E-state index >= 15 is 0 Å². The van der Waals surface area contributed by atoms with Crippen LogP contribution in [0.3, 0.4) is 0 Å². The van der Waals surface area contributed by atoms with Gasteiger partial charge < -0.3 is 23.5 Å². The first-order valence-corrected chi connectivity index (χ1v) is 9.55. The van der Waals surface area contributed by atoms with Gasteiger partial charge in [-0.2, -0.15) is 0 Å². The number of hydrogen-bond acceptors (Lipinski definition) is 8. The van der Waals surface area contributed by atoms with E-state index in [-0.39, 0.29) is 12.5 Å². The number of nitrogens with zero attached hydrogens (tertiary/aromatic N) is 2. The molecule has 0 saturated heterocycles. The van der Waals surface area contributed by atoms with Crippen molar-refractivity contribution in [3.8, 4) is 5.75 Å². The van der Waals surface area contributed by atoms with Gasteiger partial charge in [0.05, 0.1) is 18.9 Å². The molecule has 0 spiro atoms. The molecule has 30 heavy (non-hydrogen) atoms. The van der Waals surface area contributed by atoms with Crippen molar-refractivity contribution in [1.82, 2.24) is 9.55 Å². The van der Waals surface area contributed by atoms with Crippen LogP contribution in [0.2, 0.25) is 0 Å². The van der Waals surface area contributed by atoms with Crippen molar-refractivity contribution >= 4 is 18.1 Å². The van der Waals surface area contributed by atoms with Crippen LogP contribution >= 0.6 is 0 Å². The molecule has 0 bridgehead atoms. The van der Waals surface area contributed by atoms with Crippen LogP contribution in [0.15, 0.2) is 42.9 Å². The third-order valence-corrected chi connectivity index (χ3v) is 4.52. The van der Waals surface area contributed by atoms with Crippen LogP contribution in [0, 0.1) is 11.8 Å². The van der Waals surface area contributed by atoms with E-state index in [0.717, 1.165) is 5.69 Å². The maximum absolute atomic E-state index is 12.6. The average molecular weight is 418 g/mol. The van der Waals surface area contributed by atoms with Crippen molar-refractivity contribution in [3.05, 3.63) is 48.5 Å². The predicted molar refractivity (Wildman–Crippen MR) is 105 cm³/mol. The smallest absolute Gasteiger partial charge is 0.466 e. The molecule has 0 aliphatic rings. The zero-order chi connectivity index (χ0) is 21.9. The van der Waals surface area contributed by atoms with Gasteiger partial charge >= 0.3 is 18.1 Å². The number of para-hydroxylation sites is 1. The summed E-state index contributed by atoms with van der Waals surface area (Å²) in [7, 11) is 1.84. The Hall–Kier alpha value is -3.36.